The molecule has 20 heavy (non-hydrogen) atoms. The summed E-state index contributed by atoms with van der Waals surface area (Å²) in [5, 5.41) is 4.18. The van der Waals surface area contributed by atoms with Crippen LogP contribution in [0.25, 0.3) is 0 Å². The molecular formula is C15H19N3OS. The first-order valence-corrected chi connectivity index (χ1v) is 8.30. The van der Waals surface area contributed by atoms with Crippen LogP contribution in [0, 0.1) is 0 Å². The van der Waals surface area contributed by atoms with E-state index in [9.17, 15) is 0 Å². The Morgan fingerprint density at radius 1 is 1.35 bits per heavy atom. The predicted octanol–water partition coefficient (Wildman–Crippen LogP) is 2.90. The van der Waals surface area contributed by atoms with Crippen LogP contribution in [0.3, 0.4) is 0 Å². The van der Waals surface area contributed by atoms with Gasteiger partial charge in [0.1, 0.15) is 0 Å². The van der Waals surface area contributed by atoms with E-state index in [0.29, 0.717) is 5.89 Å². The first-order valence-electron chi connectivity index (χ1n) is 6.90. The standard InChI is InChI=1S/C15H19N3OS/c1-20-10-7-12(16)13-17-14(18-19-13)15(8-9-15)11-5-3-2-4-6-11/h2-6,12H,7-10,16H2,1H3/t12-/m0/s1. The third-order valence-electron chi connectivity index (χ3n) is 3.90. The Morgan fingerprint density at radius 2 is 2.10 bits per heavy atom. The van der Waals surface area contributed by atoms with Gasteiger partial charge in [0.2, 0.25) is 5.89 Å². The molecule has 1 atom stereocenters. The highest BCUT2D eigenvalue weighted by Crippen LogP contribution is 2.52. The van der Waals surface area contributed by atoms with E-state index in [1.807, 2.05) is 6.07 Å². The monoisotopic (exact) mass is 289 g/mol. The van der Waals surface area contributed by atoms with Crippen LogP contribution in [-0.4, -0.2) is 22.1 Å². The molecule has 1 fully saturated rings. The average molecular weight is 289 g/mol. The van der Waals surface area contributed by atoms with Crippen molar-refractivity contribution < 1.29 is 4.52 Å². The van der Waals surface area contributed by atoms with E-state index in [0.717, 1.165) is 30.8 Å². The van der Waals surface area contributed by atoms with Crippen LogP contribution < -0.4 is 5.73 Å². The summed E-state index contributed by atoms with van der Waals surface area (Å²) in [6.45, 7) is 0. The molecule has 3 rings (SSSR count). The van der Waals surface area contributed by atoms with Crippen LogP contribution in [0.4, 0.5) is 0 Å². The summed E-state index contributed by atoms with van der Waals surface area (Å²) in [5.74, 6) is 2.36. The van der Waals surface area contributed by atoms with Gasteiger partial charge in [-0.15, -0.1) is 0 Å². The van der Waals surface area contributed by atoms with Gasteiger partial charge in [-0.2, -0.15) is 16.7 Å². The number of nitrogens with zero attached hydrogens (tertiary/aromatic N) is 2. The average Bonchev–Trinajstić information content (AvgIpc) is 3.16. The summed E-state index contributed by atoms with van der Waals surface area (Å²) >= 11 is 1.78. The molecule has 106 valence electrons. The maximum absolute atomic E-state index is 6.09. The van der Waals surface area contributed by atoms with Crippen molar-refractivity contribution >= 4 is 11.8 Å². The van der Waals surface area contributed by atoms with Crippen molar-refractivity contribution in [2.45, 2.75) is 30.7 Å². The molecule has 4 nitrogen and oxygen atoms in total. The van der Waals surface area contributed by atoms with Crippen LogP contribution in [0.5, 0.6) is 0 Å². The second-order valence-electron chi connectivity index (χ2n) is 5.29. The van der Waals surface area contributed by atoms with Gasteiger partial charge in [-0.25, -0.2) is 0 Å². The molecule has 0 aliphatic heterocycles. The summed E-state index contributed by atoms with van der Waals surface area (Å²) in [5.41, 5.74) is 7.32. The summed E-state index contributed by atoms with van der Waals surface area (Å²) in [4.78, 5) is 4.56. The van der Waals surface area contributed by atoms with Gasteiger partial charge in [0.25, 0.3) is 0 Å². The Hall–Kier alpha value is -1.33. The Bertz CT molecular complexity index is 566. The number of hydrogen-bond acceptors (Lipinski definition) is 5. The van der Waals surface area contributed by atoms with Crippen molar-refractivity contribution in [2.75, 3.05) is 12.0 Å². The van der Waals surface area contributed by atoms with E-state index >= 15 is 0 Å². The van der Waals surface area contributed by atoms with E-state index in [-0.39, 0.29) is 11.5 Å². The van der Waals surface area contributed by atoms with E-state index < -0.39 is 0 Å². The van der Waals surface area contributed by atoms with Gasteiger partial charge < -0.3 is 10.3 Å². The molecule has 1 aliphatic rings. The molecule has 1 aromatic heterocycles. The number of nitrogens with two attached hydrogens (primary N) is 1. The third-order valence-corrected chi connectivity index (χ3v) is 4.54. The lowest BCUT2D eigenvalue weighted by molar-refractivity contribution is 0.347. The molecule has 0 saturated heterocycles. The number of rotatable bonds is 6. The summed E-state index contributed by atoms with van der Waals surface area (Å²) in [7, 11) is 0. The minimum Gasteiger partial charge on any atom is -0.338 e. The second-order valence-corrected chi connectivity index (χ2v) is 6.28. The number of thioether (sulfide) groups is 1. The first kappa shape index (κ1) is 13.6. The Kier molecular flexibility index (Phi) is 3.81. The van der Waals surface area contributed by atoms with Gasteiger partial charge in [0.15, 0.2) is 5.82 Å². The lowest BCUT2D eigenvalue weighted by atomic mass is 9.95. The SMILES string of the molecule is CSCC[C@H](N)c1nc(C2(c3ccccc3)CC2)no1. The van der Waals surface area contributed by atoms with Gasteiger partial charge in [-0.3, -0.25) is 0 Å². The highest BCUT2D eigenvalue weighted by molar-refractivity contribution is 7.98. The van der Waals surface area contributed by atoms with Crippen molar-refractivity contribution in [1.82, 2.24) is 10.1 Å². The zero-order chi connectivity index (χ0) is 14.0. The first-order chi connectivity index (χ1) is 9.76. The highest BCUT2D eigenvalue weighted by Gasteiger charge is 2.50. The fraction of sp³-hybridized carbons (Fsp3) is 0.467. The molecule has 0 spiro atoms. The molecule has 5 heteroatoms. The fourth-order valence-electron chi connectivity index (χ4n) is 2.47. The maximum atomic E-state index is 6.09. The second kappa shape index (κ2) is 5.58. The Labute approximate surface area is 123 Å². The quantitative estimate of drug-likeness (QED) is 0.885. The molecule has 0 radical (unpaired) electrons. The minimum absolute atomic E-state index is 0.0394. The van der Waals surface area contributed by atoms with Crippen molar-refractivity contribution in [2.24, 2.45) is 5.73 Å². The van der Waals surface area contributed by atoms with Crippen molar-refractivity contribution in [3.63, 3.8) is 0 Å². The van der Waals surface area contributed by atoms with Crippen molar-refractivity contribution in [3.05, 3.63) is 47.6 Å². The minimum atomic E-state index is -0.157. The van der Waals surface area contributed by atoms with E-state index in [1.165, 1.54) is 5.56 Å². The van der Waals surface area contributed by atoms with Gasteiger partial charge >= 0.3 is 0 Å². The fourth-order valence-corrected chi connectivity index (χ4v) is 2.96. The Morgan fingerprint density at radius 3 is 2.75 bits per heavy atom. The number of aromatic nitrogens is 2. The van der Waals surface area contributed by atoms with Gasteiger partial charge in [-0.1, -0.05) is 35.5 Å². The molecule has 1 saturated carbocycles. The van der Waals surface area contributed by atoms with Crippen LogP contribution in [0.15, 0.2) is 34.9 Å². The Balaban J connectivity index is 1.80. The molecule has 2 aromatic rings. The molecule has 1 aliphatic carbocycles. The van der Waals surface area contributed by atoms with Gasteiger partial charge in [0.05, 0.1) is 11.5 Å². The summed E-state index contributed by atoms with van der Waals surface area (Å²) in [6, 6.07) is 10.3. The van der Waals surface area contributed by atoms with E-state index in [4.69, 9.17) is 10.3 Å². The zero-order valence-corrected chi connectivity index (χ0v) is 12.4. The largest absolute Gasteiger partial charge is 0.338 e. The molecule has 1 heterocycles. The van der Waals surface area contributed by atoms with Gasteiger partial charge in [-0.05, 0) is 36.8 Å². The van der Waals surface area contributed by atoms with Crippen LogP contribution in [-0.2, 0) is 5.41 Å². The number of benzene rings is 1. The van der Waals surface area contributed by atoms with Gasteiger partial charge in [0, 0.05) is 0 Å². The van der Waals surface area contributed by atoms with Crippen LogP contribution in [0.1, 0.15) is 42.6 Å². The number of hydrogen-bond donors (Lipinski definition) is 1. The molecule has 0 bridgehead atoms. The summed E-state index contributed by atoms with van der Waals surface area (Å²) < 4.78 is 5.38. The predicted molar refractivity (Wildman–Crippen MR) is 80.7 cm³/mol. The third kappa shape index (κ3) is 2.47. The highest BCUT2D eigenvalue weighted by atomic mass is 32.2. The zero-order valence-electron chi connectivity index (χ0n) is 11.6. The normalized spacial score (nSPS) is 17.9. The smallest absolute Gasteiger partial charge is 0.243 e. The van der Waals surface area contributed by atoms with Crippen LogP contribution >= 0.6 is 11.8 Å². The van der Waals surface area contributed by atoms with E-state index in [1.54, 1.807) is 11.8 Å². The molecule has 1 aromatic carbocycles. The molecule has 0 unspecified atom stereocenters. The maximum Gasteiger partial charge on any atom is 0.243 e. The lowest BCUT2D eigenvalue weighted by Crippen LogP contribution is -2.14. The van der Waals surface area contributed by atoms with E-state index in [2.05, 4.69) is 40.7 Å². The topological polar surface area (TPSA) is 64.9 Å². The molecular weight excluding hydrogens is 270 g/mol. The molecule has 0 amide bonds. The lowest BCUT2D eigenvalue weighted by Gasteiger charge is -2.10. The molecule has 2 N–H and O–H groups in total. The summed E-state index contributed by atoms with van der Waals surface area (Å²) in [6.07, 6.45) is 5.09. The van der Waals surface area contributed by atoms with Crippen molar-refractivity contribution in [3.8, 4) is 0 Å². The van der Waals surface area contributed by atoms with Crippen molar-refractivity contribution in [1.29, 1.82) is 0 Å². The van der Waals surface area contributed by atoms with Crippen LogP contribution in [0.2, 0.25) is 0 Å².